The molecule has 2 aromatic carbocycles. The zero-order chi connectivity index (χ0) is 16.6. The van der Waals surface area contributed by atoms with Crippen LogP contribution >= 0.6 is 0 Å². The van der Waals surface area contributed by atoms with Crippen LogP contribution in [0.2, 0.25) is 0 Å². The molecule has 0 saturated carbocycles. The van der Waals surface area contributed by atoms with E-state index in [1.54, 1.807) is 18.3 Å². The van der Waals surface area contributed by atoms with E-state index in [2.05, 4.69) is 27.8 Å². The second kappa shape index (κ2) is 7.92. The van der Waals surface area contributed by atoms with Crippen LogP contribution in [0.15, 0.2) is 79.0 Å². The quantitative estimate of drug-likeness (QED) is 0.723. The Bertz CT molecular complexity index is 771. The Kier molecular flexibility index (Phi) is 5.20. The number of rotatable bonds is 6. The van der Waals surface area contributed by atoms with E-state index in [9.17, 15) is 4.79 Å². The average molecular weight is 317 g/mol. The van der Waals surface area contributed by atoms with Gasteiger partial charge in [-0.2, -0.15) is 0 Å². The Balaban J connectivity index is 1.51. The molecule has 0 unspecified atom stereocenters. The molecule has 120 valence electrons. The zero-order valence-electron chi connectivity index (χ0n) is 13.3. The second-order valence-corrected chi connectivity index (χ2v) is 5.41. The Morgan fingerprint density at radius 1 is 0.875 bits per heavy atom. The summed E-state index contributed by atoms with van der Waals surface area (Å²) in [6.45, 7) is 0.812. The van der Waals surface area contributed by atoms with Gasteiger partial charge in [-0.25, -0.2) is 4.98 Å². The average Bonchev–Trinajstić information content (AvgIpc) is 2.65. The molecule has 3 rings (SSSR count). The van der Waals surface area contributed by atoms with Crippen LogP contribution in [-0.4, -0.2) is 17.4 Å². The Labute approximate surface area is 141 Å². The van der Waals surface area contributed by atoms with Crippen LogP contribution in [0.3, 0.4) is 0 Å². The molecule has 24 heavy (non-hydrogen) atoms. The largest absolute Gasteiger partial charge is 0.370 e. The number of nitrogens with one attached hydrogen (secondary N) is 2. The number of benzene rings is 2. The van der Waals surface area contributed by atoms with E-state index in [0.29, 0.717) is 11.3 Å². The highest BCUT2D eigenvalue weighted by Gasteiger charge is 2.05. The third kappa shape index (κ3) is 4.43. The molecule has 0 aliphatic carbocycles. The molecule has 0 bridgehead atoms. The van der Waals surface area contributed by atoms with Gasteiger partial charge in [-0.05, 0) is 36.2 Å². The summed E-state index contributed by atoms with van der Waals surface area (Å²) in [6.07, 6.45) is 2.60. The van der Waals surface area contributed by atoms with Crippen molar-refractivity contribution in [2.45, 2.75) is 6.42 Å². The Morgan fingerprint density at radius 2 is 1.58 bits per heavy atom. The minimum Gasteiger partial charge on any atom is -0.370 e. The summed E-state index contributed by atoms with van der Waals surface area (Å²) in [5.41, 5.74) is 2.59. The van der Waals surface area contributed by atoms with Crippen LogP contribution in [0.25, 0.3) is 0 Å². The predicted molar refractivity (Wildman–Crippen MR) is 97.3 cm³/mol. The van der Waals surface area contributed by atoms with Crippen LogP contribution in [0.5, 0.6) is 0 Å². The molecular formula is C20H19N3O. The number of amides is 1. The Hall–Kier alpha value is -3.14. The summed E-state index contributed by atoms with van der Waals surface area (Å²) in [6, 6.07) is 23.1. The Morgan fingerprint density at radius 3 is 2.25 bits per heavy atom. The standard InChI is InChI=1S/C20H19N3O/c24-20(17-9-5-2-6-10-17)23-18-11-12-19(22-15-18)21-14-13-16-7-3-1-4-8-16/h1-12,15H,13-14H2,(H,21,22)(H,23,24). The highest BCUT2D eigenvalue weighted by Crippen LogP contribution is 2.11. The number of hydrogen-bond acceptors (Lipinski definition) is 3. The number of nitrogens with zero attached hydrogens (tertiary/aromatic N) is 1. The van der Waals surface area contributed by atoms with Gasteiger partial charge in [0.15, 0.2) is 0 Å². The summed E-state index contributed by atoms with van der Waals surface area (Å²) in [5.74, 6) is 0.658. The fraction of sp³-hybridized carbons (Fsp3) is 0.100. The van der Waals surface area contributed by atoms with Crippen LogP contribution in [-0.2, 0) is 6.42 Å². The van der Waals surface area contributed by atoms with Gasteiger partial charge < -0.3 is 10.6 Å². The van der Waals surface area contributed by atoms with E-state index in [1.165, 1.54) is 5.56 Å². The maximum Gasteiger partial charge on any atom is 0.255 e. The molecule has 2 N–H and O–H groups in total. The monoisotopic (exact) mass is 317 g/mol. The predicted octanol–water partition coefficient (Wildman–Crippen LogP) is 3.99. The van der Waals surface area contributed by atoms with E-state index >= 15 is 0 Å². The van der Waals surface area contributed by atoms with Gasteiger partial charge in [-0.1, -0.05) is 48.5 Å². The summed E-state index contributed by atoms with van der Waals surface area (Å²) in [7, 11) is 0. The number of hydrogen-bond donors (Lipinski definition) is 2. The molecule has 1 aromatic heterocycles. The molecule has 4 heteroatoms. The lowest BCUT2D eigenvalue weighted by atomic mass is 10.1. The van der Waals surface area contributed by atoms with Crippen molar-refractivity contribution in [3.8, 4) is 0 Å². The molecule has 0 aliphatic rings. The number of carbonyl (C=O) groups excluding carboxylic acids is 1. The van der Waals surface area contributed by atoms with Gasteiger partial charge in [0.25, 0.3) is 5.91 Å². The maximum absolute atomic E-state index is 12.1. The molecule has 3 aromatic rings. The van der Waals surface area contributed by atoms with E-state index in [1.807, 2.05) is 48.5 Å². The summed E-state index contributed by atoms with van der Waals surface area (Å²) >= 11 is 0. The van der Waals surface area contributed by atoms with Crippen molar-refractivity contribution in [3.63, 3.8) is 0 Å². The molecule has 0 aliphatic heterocycles. The molecule has 0 atom stereocenters. The lowest BCUT2D eigenvalue weighted by Crippen LogP contribution is -2.12. The van der Waals surface area contributed by atoms with E-state index < -0.39 is 0 Å². The molecule has 0 fully saturated rings. The number of aromatic nitrogens is 1. The summed E-state index contributed by atoms with van der Waals surface area (Å²) < 4.78 is 0. The molecule has 1 amide bonds. The summed E-state index contributed by atoms with van der Waals surface area (Å²) in [5, 5.41) is 6.12. The van der Waals surface area contributed by atoms with Gasteiger partial charge in [-0.15, -0.1) is 0 Å². The van der Waals surface area contributed by atoms with Gasteiger partial charge >= 0.3 is 0 Å². The van der Waals surface area contributed by atoms with Crippen molar-refractivity contribution < 1.29 is 4.79 Å². The van der Waals surface area contributed by atoms with E-state index in [4.69, 9.17) is 0 Å². The molecule has 4 nitrogen and oxygen atoms in total. The van der Waals surface area contributed by atoms with Crippen molar-refractivity contribution in [3.05, 3.63) is 90.1 Å². The van der Waals surface area contributed by atoms with Gasteiger partial charge in [0.1, 0.15) is 5.82 Å². The van der Waals surface area contributed by atoms with Gasteiger partial charge in [0.2, 0.25) is 0 Å². The maximum atomic E-state index is 12.1. The highest BCUT2D eigenvalue weighted by molar-refractivity contribution is 6.04. The zero-order valence-corrected chi connectivity index (χ0v) is 13.3. The van der Waals surface area contributed by atoms with Crippen molar-refractivity contribution in [1.29, 1.82) is 0 Å². The minimum atomic E-state index is -0.137. The van der Waals surface area contributed by atoms with E-state index in [0.717, 1.165) is 18.8 Å². The lowest BCUT2D eigenvalue weighted by molar-refractivity contribution is 0.102. The van der Waals surface area contributed by atoms with Crippen LogP contribution in [0.1, 0.15) is 15.9 Å². The number of carbonyl (C=O) groups is 1. The molecule has 1 heterocycles. The van der Waals surface area contributed by atoms with Crippen molar-refractivity contribution in [2.24, 2.45) is 0 Å². The topological polar surface area (TPSA) is 54.0 Å². The lowest BCUT2D eigenvalue weighted by Gasteiger charge is -2.08. The van der Waals surface area contributed by atoms with Crippen molar-refractivity contribution >= 4 is 17.4 Å². The van der Waals surface area contributed by atoms with Crippen molar-refractivity contribution in [2.75, 3.05) is 17.2 Å². The van der Waals surface area contributed by atoms with Crippen LogP contribution in [0.4, 0.5) is 11.5 Å². The van der Waals surface area contributed by atoms with Gasteiger partial charge in [-0.3, -0.25) is 4.79 Å². The normalized spacial score (nSPS) is 10.2. The smallest absolute Gasteiger partial charge is 0.255 e. The van der Waals surface area contributed by atoms with E-state index in [-0.39, 0.29) is 5.91 Å². The first-order valence-electron chi connectivity index (χ1n) is 7.91. The SMILES string of the molecule is O=C(Nc1ccc(NCCc2ccccc2)nc1)c1ccccc1. The van der Waals surface area contributed by atoms with Crippen LogP contribution < -0.4 is 10.6 Å². The molecule has 0 radical (unpaired) electrons. The highest BCUT2D eigenvalue weighted by atomic mass is 16.1. The second-order valence-electron chi connectivity index (χ2n) is 5.41. The first-order chi connectivity index (χ1) is 11.8. The van der Waals surface area contributed by atoms with Crippen LogP contribution in [0, 0.1) is 0 Å². The van der Waals surface area contributed by atoms with Gasteiger partial charge in [0, 0.05) is 12.1 Å². The molecular weight excluding hydrogens is 298 g/mol. The number of pyridine rings is 1. The third-order valence-electron chi connectivity index (χ3n) is 3.62. The number of anilines is 2. The summed E-state index contributed by atoms with van der Waals surface area (Å²) in [4.78, 5) is 16.4. The fourth-order valence-corrected chi connectivity index (χ4v) is 2.34. The van der Waals surface area contributed by atoms with Crippen molar-refractivity contribution in [1.82, 2.24) is 4.98 Å². The first kappa shape index (κ1) is 15.7. The first-order valence-corrected chi connectivity index (χ1v) is 7.91. The third-order valence-corrected chi connectivity index (χ3v) is 3.62. The molecule has 0 spiro atoms. The molecule has 0 saturated heterocycles. The van der Waals surface area contributed by atoms with Gasteiger partial charge in [0.05, 0.1) is 11.9 Å². The fourth-order valence-electron chi connectivity index (χ4n) is 2.34. The minimum absolute atomic E-state index is 0.137.